The van der Waals surface area contributed by atoms with Gasteiger partial charge in [0.15, 0.2) is 5.13 Å². The van der Waals surface area contributed by atoms with Crippen molar-refractivity contribution in [1.29, 1.82) is 0 Å². The Kier molecular flexibility index (Phi) is 3.22. The standard InChI is InChI=1S/C14H14N2O3S/c1-3-8-6-10(17)16(7-8)14-15-11(9-4-5-9)12(20-14)13(18)19-2/h1,8-9H,4-7H2,2H3. The number of esters is 1. The molecular formula is C14H14N2O3S. The van der Waals surface area contributed by atoms with Crippen LogP contribution >= 0.6 is 11.3 Å². The lowest BCUT2D eigenvalue weighted by molar-refractivity contribution is -0.117. The van der Waals surface area contributed by atoms with Crippen LogP contribution in [0.4, 0.5) is 5.13 Å². The van der Waals surface area contributed by atoms with Crippen LogP contribution in [0.3, 0.4) is 0 Å². The third kappa shape index (κ3) is 2.18. The molecule has 6 heteroatoms. The lowest BCUT2D eigenvalue weighted by Crippen LogP contribution is -2.24. The van der Waals surface area contributed by atoms with Gasteiger partial charge in [-0.25, -0.2) is 9.78 Å². The van der Waals surface area contributed by atoms with Gasteiger partial charge in [0.2, 0.25) is 5.91 Å². The minimum atomic E-state index is -0.379. The van der Waals surface area contributed by atoms with Crippen LogP contribution in [0.5, 0.6) is 0 Å². The smallest absolute Gasteiger partial charge is 0.350 e. The summed E-state index contributed by atoms with van der Waals surface area (Å²) in [6.45, 7) is 0.480. The van der Waals surface area contributed by atoms with Crippen molar-refractivity contribution in [3.8, 4) is 12.3 Å². The molecule has 1 amide bonds. The van der Waals surface area contributed by atoms with Crippen molar-refractivity contribution in [2.45, 2.75) is 25.2 Å². The van der Waals surface area contributed by atoms with Crippen molar-refractivity contribution in [1.82, 2.24) is 4.98 Å². The maximum atomic E-state index is 12.0. The molecule has 1 aliphatic carbocycles. The van der Waals surface area contributed by atoms with Crippen molar-refractivity contribution in [2.24, 2.45) is 5.92 Å². The maximum Gasteiger partial charge on any atom is 0.350 e. The summed E-state index contributed by atoms with van der Waals surface area (Å²) in [5.74, 6) is 2.46. The third-order valence-electron chi connectivity index (χ3n) is 3.57. The van der Waals surface area contributed by atoms with Crippen LogP contribution in [0.15, 0.2) is 0 Å². The Balaban J connectivity index is 1.93. The molecule has 1 atom stereocenters. The van der Waals surface area contributed by atoms with E-state index in [1.165, 1.54) is 18.4 Å². The van der Waals surface area contributed by atoms with Gasteiger partial charge in [0.25, 0.3) is 0 Å². The molecule has 1 aromatic heterocycles. The summed E-state index contributed by atoms with van der Waals surface area (Å²) >= 11 is 1.22. The Morgan fingerprint density at radius 1 is 1.55 bits per heavy atom. The van der Waals surface area contributed by atoms with E-state index in [9.17, 15) is 9.59 Å². The van der Waals surface area contributed by atoms with E-state index in [4.69, 9.17) is 11.2 Å². The summed E-state index contributed by atoms with van der Waals surface area (Å²) in [6.07, 6.45) is 7.80. The summed E-state index contributed by atoms with van der Waals surface area (Å²) in [5.41, 5.74) is 0.772. The predicted octanol–water partition coefficient (Wildman–Crippen LogP) is 1.79. The Hall–Kier alpha value is -1.87. The average molecular weight is 290 g/mol. The van der Waals surface area contributed by atoms with Crippen LogP contribution in [-0.2, 0) is 9.53 Å². The van der Waals surface area contributed by atoms with E-state index in [1.807, 2.05) is 0 Å². The van der Waals surface area contributed by atoms with Gasteiger partial charge < -0.3 is 4.74 Å². The summed E-state index contributed by atoms with van der Waals surface area (Å²) in [5, 5.41) is 0.565. The van der Waals surface area contributed by atoms with Crippen molar-refractivity contribution in [3.63, 3.8) is 0 Å². The predicted molar refractivity (Wildman–Crippen MR) is 74.7 cm³/mol. The molecule has 0 aromatic carbocycles. The lowest BCUT2D eigenvalue weighted by Gasteiger charge is -2.10. The number of rotatable bonds is 3. The summed E-state index contributed by atoms with van der Waals surface area (Å²) in [6, 6.07) is 0. The Morgan fingerprint density at radius 2 is 2.30 bits per heavy atom. The van der Waals surface area contributed by atoms with Crippen molar-refractivity contribution in [3.05, 3.63) is 10.6 Å². The fraction of sp³-hybridized carbons (Fsp3) is 0.500. The first-order chi connectivity index (χ1) is 9.63. The Labute approximate surface area is 120 Å². The van der Waals surface area contributed by atoms with Crippen molar-refractivity contribution >= 4 is 28.3 Å². The minimum Gasteiger partial charge on any atom is -0.465 e. The lowest BCUT2D eigenvalue weighted by atomic mass is 10.1. The van der Waals surface area contributed by atoms with E-state index in [2.05, 4.69) is 10.9 Å². The van der Waals surface area contributed by atoms with Crippen LogP contribution in [0.2, 0.25) is 0 Å². The summed E-state index contributed by atoms with van der Waals surface area (Å²) < 4.78 is 4.80. The number of terminal acetylenes is 1. The number of hydrogen-bond acceptors (Lipinski definition) is 5. The van der Waals surface area contributed by atoms with Crippen LogP contribution in [0.25, 0.3) is 0 Å². The highest BCUT2D eigenvalue weighted by molar-refractivity contribution is 7.17. The number of amides is 1. The van der Waals surface area contributed by atoms with E-state index >= 15 is 0 Å². The quantitative estimate of drug-likeness (QED) is 0.629. The number of anilines is 1. The topological polar surface area (TPSA) is 59.5 Å². The SMILES string of the molecule is C#CC1CC(=O)N(c2nc(C3CC3)c(C(=O)OC)s2)C1. The maximum absolute atomic E-state index is 12.0. The highest BCUT2D eigenvalue weighted by Crippen LogP contribution is 2.44. The van der Waals surface area contributed by atoms with Gasteiger partial charge in [-0.3, -0.25) is 9.69 Å². The van der Waals surface area contributed by atoms with Crippen molar-refractivity contribution < 1.29 is 14.3 Å². The normalized spacial score (nSPS) is 21.9. The summed E-state index contributed by atoms with van der Waals surface area (Å²) in [7, 11) is 1.35. The molecule has 3 rings (SSSR count). The van der Waals surface area contributed by atoms with Gasteiger partial charge in [0.05, 0.1) is 12.8 Å². The van der Waals surface area contributed by atoms with E-state index in [0.717, 1.165) is 18.5 Å². The zero-order valence-electron chi connectivity index (χ0n) is 11.1. The first-order valence-electron chi connectivity index (χ1n) is 6.49. The molecule has 104 valence electrons. The number of carbonyl (C=O) groups excluding carboxylic acids is 2. The minimum absolute atomic E-state index is 0.0273. The van der Waals surface area contributed by atoms with E-state index in [1.54, 1.807) is 4.90 Å². The van der Waals surface area contributed by atoms with E-state index < -0.39 is 0 Å². The number of methoxy groups -OCH3 is 1. The highest BCUT2D eigenvalue weighted by Gasteiger charge is 2.36. The molecule has 0 radical (unpaired) electrons. The molecule has 1 saturated heterocycles. The van der Waals surface area contributed by atoms with Crippen molar-refractivity contribution in [2.75, 3.05) is 18.6 Å². The van der Waals surface area contributed by atoms with E-state index in [-0.39, 0.29) is 17.8 Å². The molecular weight excluding hydrogens is 276 g/mol. The number of carbonyl (C=O) groups is 2. The number of aromatic nitrogens is 1. The van der Waals surface area contributed by atoms with Crippen LogP contribution in [-0.4, -0.2) is 30.5 Å². The average Bonchev–Trinajstić information content (AvgIpc) is 3.09. The molecule has 20 heavy (non-hydrogen) atoms. The Bertz CT molecular complexity index is 612. The first kappa shape index (κ1) is 13.1. The fourth-order valence-corrected chi connectivity index (χ4v) is 3.41. The number of hydrogen-bond donors (Lipinski definition) is 0. The molecule has 2 heterocycles. The highest BCUT2D eigenvalue weighted by atomic mass is 32.1. The van der Waals surface area contributed by atoms with Gasteiger partial charge in [0, 0.05) is 24.8 Å². The van der Waals surface area contributed by atoms with Gasteiger partial charge in [0.1, 0.15) is 4.88 Å². The molecule has 0 N–H and O–H groups in total. The van der Waals surface area contributed by atoms with Crippen LogP contribution < -0.4 is 4.90 Å². The molecule has 5 nitrogen and oxygen atoms in total. The van der Waals surface area contributed by atoms with Gasteiger partial charge >= 0.3 is 5.97 Å². The second-order valence-corrected chi connectivity index (χ2v) is 6.03. The van der Waals surface area contributed by atoms with Gasteiger partial charge in [-0.15, -0.1) is 12.3 Å². The third-order valence-corrected chi connectivity index (χ3v) is 4.64. The van der Waals surface area contributed by atoms with Gasteiger partial charge in [-0.2, -0.15) is 0 Å². The molecule has 1 aliphatic heterocycles. The monoisotopic (exact) mass is 290 g/mol. The number of ether oxygens (including phenoxy) is 1. The second-order valence-electron chi connectivity index (χ2n) is 5.05. The molecule has 0 spiro atoms. The molecule has 2 aliphatic rings. The zero-order chi connectivity index (χ0) is 14.3. The fourth-order valence-electron chi connectivity index (χ4n) is 2.31. The zero-order valence-corrected chi connectivity index (χ0v) is 11.9. The number of nitrogens with zero attached hydrogens (tertiary/aromatic N) is 2. The van der Waals surface area contributed by atoms with Gasteiger partial charge in [-0.05, 0) is 12.8 Å². The summed E-state index contributed by atoms with van der Waals surface area (Å²) in [4.78, 5) is 30.4. The number of thiazole rings is 1. The van der Waals surface area contributed by atoms with Gasteiger partial charge in [-0.1, -0.05) is 11.3 Å². The Morgan fingerprint density at radius 3 is 2.85 bits per heavy atom. The van der Waals surface area contributed by atoms with E-state index in [0.29, 0.717) is 28.9 Å². The largest absolute Gasteiger partial charge is 0.465 e. The first-order valence-corrected chi connectivity index (χ1v) is 7.31. The molecule has 1 aromatic rings. The molecule has 0 bridgehead atoms. The molecule has 1 saturated carbocycles. The molecule has 1 unspecified atom stereocenters. The van der Waals surface area contributed by atoms with Crippen LogP contribution in [0.1, 0.15) is 40.5 Å². The van der Waals surface area contributed by atoms with Crippen LogP contribution in [0, 0.1) is 18.3 Å². The second kappa shape index (κ2) is 4.91. The molecule has 2 fully saturated rings.